The number of rotatable bonds is 6. The number of piperidine rings is 1. The number of anilines is 1. The summed E-state index contributed by atoms with van der Waals surface area (Å²) in [5, 5.41) is 2.72. The zero-order valence-corrected chi connectivity index (χ0v) is 18.9. The number of carbonyl (C=O) groups excluding carboxylic acids is 3. The van der Waals surface area contributed by atoms with Gasteiger partial charge in [0.15, 0.2) is 0 Å². The minimum Gasteiger partial charge on any atom is -0.366 e. The first-order chi connectivity index (χ1) is 15.8. The van der Waals surface area contributed by atoms with Crippen LogP contribution >= 0.6 is 0 Å². The Labute approximate surface area is 193 Å². The molecule has 6 nitrogen and oxygen atoms in total. The molecule has 2 aliphatic rings. The van der Waals surface area contributed by atoms with Crippen LogP contribution in [0.4, 0.5) is 10.1 Å². The summed E-state index contributed by atoms with van der Waals surface area (Å²) in [6.07, 6.45) is 2.52. The van der Waals surface area contributed by atoms with Gasteiger partial charge >= 0.3 is 0 Å². The molecule has 0 bridgehead atoms. The fraction of sp³-hybridized carbons (Fsp3) is 0.346. The van der Waals surface area contributed by atoms with Crippen molar-refractivity contribution in [2.24, 2.45) is 5.92 Å². The van der Waals surface area contributed by atoms with E-state index < -0.39 is 0 Å². The Morgan fingerprint density at radius 1 is 1.06 bits per heavy atom. The minimum absolute atomic E-state index is 0.177. The van der Waals surface area contributed by atoms with Crippen LogP contribution in [0.25, 0.3) is 5.57 Å². The van der Waals surface area contributed by atoms with Crippen LogP contribution in [0.5, 0.6) is 0 Å². The number of benzene rings is 2. The standard InChI is InChI=1S/C26H28FN3O3/c1-17-4-3-14-29(16-17)24-23(20-7-11-22(12-8-20)28-18(2)31)25(32)30(26(24)33)15-13-19-5-9-21(27)10-6-19/h5-12,17H,3-4,13-16H2,1-2H3,(H,28,31). The number of hydrogen-bond donors (Lipinski definition) is 1. The normalized spacial score (nSPS) is 18.8. The molecule has 2 heterocycles. The number of imide groups is 1. The third-order valence-corrected chi connectivity index (χ3v) is 6.15. The molecule has 0 aromatic heterocycles. The number of likely N-dealkylation sites (tertiary alicyclic amines) is 1. The highest BCUT2D eigenvalue weighted by Gasteiger charge is 2.42. The molecule has 2 aliphatic heterocycles. The van der Waals surface area contributed by atoms with E-state index in [-0.39, 0.29) is 30.1 Å². The largest absolute Gasteiger partial charge is 0.366 e. The highest BCUT2D eigenvalue weighted by molar-refractivity contribution is 6.35. The van der Waals surface area contributed by atoms with Crippen molar-refractivity contribution in [2.45, 2.75) is 33.1 Å². The van der Waals surface area contributed by atoms with Crippen molar-refractivity contribution in [1.29, 1.82) is 0 Å². The molecule has 1 unspecified atom stereocenters. The van der Waals surface area contributed by atoms with E-state index in [1.807, 2.05) is 4.90 Å². The van der Waals surface area contributed by atoms with E-state index in [0.717, 1.165) is 31.5 Å². The predicted octanol–water partition coefficient (Wildman–Crippen LogP) is 3.84. The minimum atomic E-state index is -0.319. The van der Waals surface area contributed by atoms with E-state index in [2.05, 4.69) is 12.2 Å². The van der Waals surface area contributed by atoms with Crippen LogP contribution in [-0.4, -0.2) is 47.2 Å². The fourth-order valence-electron chi connectivity index (χ4n) is 4.53. The lowest BCUT2D eigenvalue weighted by molar-refractivity contribution is -0.137. The van der Waals surface area contributed by atoms with Crippen LogP contribution in [-0.2, 0) is 20.8 Å². The van der Waals surface area contributed by atoms with Crippen molar-refractivity contribution >= 4 is 29.0 Å². The molecule has 1 fully saturated rings. The first-order valence-electron chi connectivity index (χ1n) is 11.3. The van der Waals surface area contributed by atoms with Gasteiger partial charge in [0.05, 0.1) is 5.57 Å². The fourth-order valence-corrected chi connectivity index (χ4v) is 4.53. The molecular weight excluding hydrogens is 421 g/mol. The first kappa shape index (κ1) is 22.7. The Kier molecular flexibility index (Phi) is 6.58. The third kappa shape index (κ3) is 4.97. The van der Waals surface area contributed by atoms with Gasteiger partial charge in [-0.25, -0.2) is 4.39 Å². The van der Waals surface area contributed by atoms with Gasteiger partial charge in [-0.05, 0) is 60.6 Å². The molecule has 3 amide bonds. The molecule has 4 rings (SSSR count). The highest BCUT2D eigenvalue weighted by atomic mass is 19.1. The first-order valence-corrected chi connectivity index (χ1v) is 11.3. The predicted molar refractivity (Wildman–Crippen MR) is 124 cm³/mol. The SMILES string of the molecule is CC(=O)Nc1ccc(C2=C(N3CCCC(C)C3)C(=O)N(CCc3ccc(F)cc3)C2=O)cc1. The number of nitrogens with zero attached hydrogens (tertiary/aromatic N) is 2. The van der Waals surface area contributed by atoms with Crippen molar-refractivity contribution in [1.82, 2.24) is 9.80 Å². The van der Waals surface area contributed by atoms with Crippen molar-refractivity contribution in [3.63, 3.8) is 0 Å². The van der Waals surface area contributed by atoms with Gasteiger partial charge in [-0.1, -0.05) is 31.2 Å². The second kappa shape index (κ2) is 9.57. The van der Waals surface area contributed by atoms with Gasteiger partial charge in [-0.15, -0.1) is 0 Å². The van der Waals surface area contributed by atoms with E-state index in [1.54, 1.807) is 36.4 Å². The Morgan fingerprint density at radius 3 is 2.39 bits per heavy atom. The lowest BCUT2D eigenvalue weighted by atomic mass is 9.97. The molecule has 1 saturated heterocycles. The number of carbonyl (C=O) groups is 3. The van der Waals surface area contributed by atoms with Crippen molar-refractivity contribution in [2.75, 3.05) is 25.0 Å². The lowest BCUT2D eigenvalue weighted by Crippen LogP contribution is -2.39. The third-order valence-electron chi connectivity index (χ3n) is 6.15. The monoisotopic (exact) mass is 449 g/mol. The molecule has 1 atom stereocenters. The summed E-state index contributed by atoms with van der Waals surface area (Å²) < 4.78 is 13.2. The van der Waals surface area contributed by atoms with E-state index in [0.29, 0.717) is 34.9 Å². The molecule has 7 heteroatoms. The molecule has 33 heavy (non-hydrogen) atoms. The van der Waals surface area contributed by atoms with Gasteiger partial charge in [0.2, 0.25) is 5.91 Å². The lowest BCUT2D eigenvalue weighted by Gasteiger charge is -2.33. The molecular formula is C26H28FN3O3. The second-order valence-electron chi connectivity index (χ2n) is 8.81. The van der Waals surface area contributed by atoms with Gasteiger partial charge in [-0.3, -0.25) is 19.3 Å². The number of hydrogen-bond acceptors (Lipinski definition) is 4. The average molecular weight is 450 g/mol. The van der Waals surface area contributed by atoms with Crippen LogP contribution in [0, 0.1) is 11.7 Å². The summed E-state index contributed by atoms with van der Waals surface area (Å²) >= 11 is 0. The van der Waals surface area contributed by atoms with Gasteiger partial charge in [-0.2, -0.15) is 0 Å². The summed E-state index contributed by atoms with van der Waals surface area (Å²) in [5.41, 5.74) is 3.00. The van der Waals surface area contributed by atoms with E-state index in [1.165, 1.54) is 24.0 Å². The van der Waals surface area contributed by atoms with Crippen molar-refractivity contribution < 1.29 is 18.8 Å². The Balaban J connectivity index is 1.64. The van der Waals surface area contributed by atoms with Crippen LogP contribution < -0.4 is 5.32 Å². The molecule has 0 spiro atoms. The van der Waals surface area contributed by atoms with Gasteiger partial charge in [0.1, 0.15) is 11.5 Å². The zero-order valence-electron chi connectivity index (χ0n) is 18.9. The van der Waals surface area contributed by atoms with E-state index in [9.17, 15) is 18.8 Å². The van der Waals surface area contributed by atoms with Gasteiger partial charge in [0, 0.05) is 32.2 Å². The maximum absolute atomic E-state index is 13.5. The molecule has 172 valence electrons. The molecule has 0 radical (unpaired) electrons. The topological polar surface area (TPSA) is 69.7 Å². The van der Waals surface area contributed by atoms with Crippen LogP contribution in [0.1, 0.15) is 37.8 Å². The summed E-state index contributed by atoms with van der Waals surface area (Å²) in [6.45, 7) is 5.28. The number of halogens is 1. The van der Waals surface area contributed by atoms with Crippen molar-refractivity contribution in [3.05, 3.63) is 71.2 Å². The van der Waals surface area contributed by atoms with Gasteiger partial charge < -0.3 is 10.2 Å². The summed E-state index contributed by atoms with van der Waals surface area (Å²) in [7, 11) is 0. The van der Waals surface area contributed by atoms with E-state index >= 15 is 0 Å². The molecule has 2 aromatic rings. The second-order valence-corrected chi connectivity index (χ2v) is 8.81. The molecule has 0 aliphatic carbocycles. The van der Waals surface area contributed by atoms with Crippen molar-refractivity contribution in [3.8, 4) is 0 Å². The maximum atomic E-state index is 13.5. The Hall–Kier alpha value is -3.48. The average Bonchev–Trinajstić information content (AvgIpc) is 3.03. The number of amides is 3. The zero-order chi connectivity index (χ0) is 23.5. The summed E-state index contributed by atoms with van der Waals surface area (Å²) in [6, 6.07) is 13.1. The van der Waals surface area contributed by atoms with Crippen LogP contribution in [0.3, 0.4) is 0 Å². The van der Waals surface area contributed by atoms with Crippen LogP contribution in [0.2, 0.25) is 0 Å². The Bertz CT molecular complexity index is 1090. The number of nitrogens with one attached hydrogen (secondary N) is 1. The quantitative estimate of drug-likeness (QED) is 0.681. The highest BCUT2D eigenvalue weighted by Crippen LogP contribution is 2.34. The molecule has 2 aromatic carbocycles. The summed E-state index contributed by atoms with van der Waals surface area (Å²) in [4.78, 5) is 41.6. The van der Waals surface area contributed by atoms with Gasteiger partial charge in [0.25, 0.3) is 11.8 Å². The smallest absolute Gasteiger partial charge is 0.277 e. The molecule has 0 saturated carbocycles. The van der Waals surface area contributed by atoms with E-state index in [4.69, 9.17) is 0 Å². The molecule has 1 N–H and O–H groups in total. The Morgan fingerprint density at radius 2 is 1.76 bits per heavy atom. The van der Waals surface area contributed by atoms with Crippen LogP contribution in [0.15, 0.2) is 54.2 Å². The maximum Gasteiger partial charge on any atom is 0.277 e. The summed E-state index contributed by atoms with van der Waals surface area (Å²) in [5.74, 6) is -0.658.